The summed E-state index contributed by atoms with van der Waals surface area (Å²) in [5.41, 5.74) is 6.19. The first-order valence-electron chi connectivity index (χ1n) is 12.9. The predicted molar refractivity (Wildman–Crippen MR) is 145 cm³/mol. The highest BCUT2D eigenvalue weighted by Gasteiger charge is 2.38. The Bertz CT molecular complexity index is 1340. The second-order valence-electron chi connectivity index (χ2n) is 10.4. The molecule has 4 rings (SSSR count). The molecule has 1 amide bonds. The summed E-state index contributed by atoms with van der Waals surface area (Å²) in [5.74, 6) is 1.07. The van der Waals surface area contributed by atoms with E-state index < -0.39 is 17.2 Å². The summed E-state index contributed by atoms with van der Waals surface area (Å²) < 4.78 is 16.5. The maximum atomic E-state index is 12.1. The molecule has 1 aliphatic heterocycles. The number of aromatic nitrogens is 1. The van der Waals surface area contributed by atoms with Gasteiger partial charge >= 0.3 is 12.1 Å². The van der Waals surface area contributed by atoms with Gasteiger partial charge in [0, 0.05) is 17.3 Å². The molecule has 0 aliphatic carbocycles. The van der Waals surface area contributed by atoms with Crippen molar-refractivity contribution < 1.29 is 28.6 Å². The summed E-state index contributed by atoms with van der Waals surface area (Å²) in [6, 6.07) is 17.2. The van der Waals surface area contributed by atoms with Crippen LogP contribution in [-0.2, 0) is 39.4 Å². The number of benzene rings is 2. The molecule has 9 heteroatoms. The molecule has 1 atom stereocenters. The molecule has 206 valence electrons. The van der Waals surface area contributed by atoms with Crippen molar-refractivity contribution in [3.63, 3.8) is 0 Å². The fourth-order valence-electron chi connectivity index (χ4n) is 4.26. The molecule has 2 N–H and O–H groups in total. The van der Waals surface area contributed by atoms with Crippen molar-refractivity contribution in [1.82, 2.24) is 15.8 Å². The molecule has 0 spiro atoms. The Morgan fingerprint density at radius 1 is 1.10 bits per heavy atom. The number of para-hydroxylation sites is 1. The maximum absolute atomic E-state index is 12.1. The number of amides is 1. The normalized spacial score (nSPS) is 16.1. The van der Waals surface area contributed by atoms with Gasteiger partial charge in [0.2, 0.25) is 0 Å². The molecule has 1 aliphatic rings. The molecule has 3 aromatic rings. The lowest BCUT2D eigenvalue weighted by atomic mass is 9.85. The van der Waals surface area contributed by atoms with Crippen LogP contribution >= 0.6 is 0 Å². The number of carbonyl (C=O) groups excluding carboxylic acids is 2. The number of hydrogen-bond donors (Lipinski definition) is 2. The van der Waals surface area contributed by atoms with E-state index in [0.29, 0.717) is 30.4 Å². The highest BCUT2D eigenvalue weighted by atomic mass is 16.7. The summed E-state index contributed by atoms with van der Waals surface area (Å²) >= 11 is 0. The molecule has 2 heterocycles. The Hall–Kier alpha value is -4.11. The minimum Gasteiger partial charge on any atom is -0.489 e. The third-order valence-electron chi connectivity index (χ3n) is 6.16. The number of pyridine rings is 1. The highest BCUT2D eigenvalue weighted by Crippen LogP contribution is 2.40. The van der Waals surface area contributed by atoms with Crippen LogP contribution in [0.15, 0.2) is 60.8 Å². The van der Waals surface area contributed by atoms with Crippen LogP contribution in [0.3, 0.4) is 0 Å². The van der Waals surface area contributed by atoms with E-state index in [1.807, 2.05) is 82.3 Å². The van der Waals surface area contributed by atoms with E-state index in [-0.39, 0.29) is 18.9 Å². The number of ether oxygens (including phenoxy) is 3. The zero-order valence-electron chi connectivity index (χ0n) is 23.0. The zero-order valence-corrected chi connectivity index (χ0v) is 23.0. The van der Waals surface area contributed by atoms with Gasteiger partial charge in [-0.3, -0.25) is 9.78 Å². The van der Waals surface area contributed by atoms with Crippen LogP contribution in [0.1, 0.15) is 62.6 Å². The molecule has 0 fully saturated rings. The van der Waals surface area contributed by atoms with Crippen molar-refractivity contribution in [2.24, 2.45) is 0 Å². The van der Waals surface area contributed by atoms with E-state index in [2.05, 4.69) is 15.8 Å². The molecule has 0 saturated carbocycles. The summed E-state index contributed by atoms with van der Waals surface area (Å²) in [6.07, 6.45) is 1.36. The Balaban J connectivity index is 1.48. The molecule has 1 unspecified atom stereocenters. The molecule has 0 bridgehead atoms. The first kappa shape index (κ1) is 27.9. The monoisotopic (exact) mass is 533 g/mol. The van der Waals surface area contributed by atoms with Crippen LogP contribution in [0.25, 0.3) is 0 Å². The Morgan fingerprint density at radius 2 is 1.90 bits per heavy atom. The van der Waals surface area contributed by atoms with E-state index >= 15 is 0 Å². The van der Waals surface area contributed by atoms with Gasteiger partial charge in [-0.1, -0.05) is 24.3 Å². The van der Waals surface area contributed by atoms with Crippen molar-refractivity contribution in [2.75, 3.05) is 6.61 Å². The van der Waals surface area contributed by atoms with Gasteiger partial charge in [-0.2, -0.15) is 0 Å². The molecule has 39 heavy (non-hydrogen) atoms. The molecule has 9 nitrogen and oxygen atoms in total. The molecule has 2 aromatic carbocycles. The van der Waals surface area contributed by atoms with Gasteiger partial charge in [0.25, 0.3) is 0 Å². The van der Waals surface area contributed by atoms with Crippen LogP contribution in [0.4, 0.5) is 4.79 Å². The molecule has 0 saturated heterocycles. The van der Waals surface area contributed by atoms with Crippen LogP contribution in [0.5, 0.6) is 11.5 Å². The summed E-state index contributed by atoms with van der Waals surface area (Å²) in [4.78, 5) is 34.3. The lowest BCUT2D eigenvalue weighted by Gasteiger charge is -2.24. The fraction of sp³-hybridized carbons (Fsp3) is 0.367. The third-order valence-corrected chi connectivity index (χ3v) is 6.16. The van der Waals surface area contributed by atoms with Gasteiger partial charge in [-0.25, -0.2) is 4.79 Å². The van der Waals surface area contributed by atoms with E-state index in [9.17, 15) is 9.59 Å². The van der Waals surface area contributed by atoms with E-state index in [0.717, 1.165) is 22.3 Å². The van der Waals surface area contributed by atoms with Gasteiger partial charge in [0.05, 0.1) is 25.3 Å². The fourth-order valence-corrected chi connectivity index (χ4v) is 4.26. The number of fused-ring (bicyclic) bond motifs is 1. The number of carbonyl (C=O) groups is 2. The smallest absolute Gasteiger partial charge is 0.407 e. The lowest BCUT2D eigenvalue weighted by Crippen LogP contribution is -2.37. The molecule has 1 aromatic heterocycles. The van der Waals surface area contributed by atoms with E-state index in [1.54, 1.807) is 13.1 Å². The van der Waals surface area contributed by atoms with E-state index in [1.165, 1.54) is 0 Å². The maximum Gasteiger partial charge on any atom is 0.407 e. The Kier molecular flexibility index (Phi) is 8.40. The van der Waals surface area contributed by atoms with Crippen LogP contribution in [0.2, 0.25) is 0 Å². The molecule has 0 radical (unpaired) electrons. The highest BCUT2D eigenvalue weighted by molar-refractivity contribution is 5.73. The number of alkyl carbamates (subject to hydrolysis) is 1. The largest absolute Gasteiger partial charge is 0.489 e. The van der Waals surface area contributed by atoms with Crippen LogP contribution < -0.4 is 20.4 Å². The number of nitrogens with one attached hydrogen (secondary N) is 2. The first-order valence-corrected chi connectivity index (χ1v) is 12.9. The van der Waals surface area contributed by atoms with E-state index in [4.69, 9.17) is 19.0 Å². The summed E-state index contributed by atoms with van der Waals surface area (Å²) in [5, 5.41) is 2.75. The van der Waals surface area contributed by atoms with Gasteiger partial charge in [-0.15, -0.1) is 5.48 Å². The number of hydroxylamine groups is 1. The first-order chi connectivity index (χ1) is 18.6. The summed E-state index contributed by atoms with van der Waals surface area (Å²) in [6.45, 7) is 10.1. The quantitative estimate of drug-likeness (QED) is 0.372. The minimum atomic E-state index is -0.656. The third kappa shape index (κ3) is 7.06. The SMILES string of the molecule is CCOC(=O)Cc1ccccc1OCc1ccc2c(c1)C(C)(c1ccnc(CNC(=O)OC(C)(C)C)c1)NO2. The number of rotatable bonds is 9. The number of hydrogen-bond acceptors (Lipinski definition) is 8. The second kappa shape index (κ2) is 11.7. The van der Waals surface area contributed by atoms with Crippen molar-refractivity contribution >= 4 is 12.1 Å². The van der Waals surface area contributed by atoms with Gasteiger partial charge in [-0.05, 0) is 76.1 Å². The average molecular weight is 534 g/mol. The molecular weight excluding hydrogens is 498 g/mol. The Morgan fingerprint density at radius 3 is 2.67 bits per heavy atom. The standard InChI is InChI=1S/C30H35N3O6/c1-6-36-27(34)16-21-9-7-8-10-25(21)37-19-20-11-12-26-24(15-20)30(5,33-39-26)22-13-14-31-23(17-22)18-32-28(35)38-29(2,3)4/h7-15,17,33H,6,16,18-19H2,1-5H3,(H,32,35). The van der Waals surface area contributed by atoms with Gasteiger partial charge < -0.3 is 24.4 Å². The predicted octanol–water partition coefficient (Wildman–Crippen LogP) is 4.95. The Labute approximate surface area is 228 Å². The minimum absolute atomic E-state index is 0.150. The van der Waals surface area contributed by atoms with Crippen molar-refractivity contribution in [1.29, 1.82) is 0 Å². The number of nitrogens with zero attached hydrogens (tertiary/aromatic N) is 1. The second-order valence-corrected chi connectivity index (χ2v) is 10.4. The van der Waals surface area contributed by atoms with Gasteiger partial charge in [0.1, 0.15) is 23.5 Å². The summed E-state index contributed by atoms with van der Waals surface area (Å²) in [7, 11) is 0. The van der Waals surface area contributed by atoms with Crippen LogP contribution in [-0.4, -0.2) is 29.3 Å². The lowest BCUT2D eigenvalue weighted by molar-refractivity contribution is -0.142. The van der Waals surface area contributed by atoms with Crippen molar-refractivity contribution in [3.05, 3.63) is 88.7 Å². The zero-order chi connectivity index (χ0) is 28.0. The van der Waals surface area contributed by atoms with Crippen LogP contribution in [0, 0.1) is 0 Å². The van der Waals surface area contributed by atoms with Gasteiger partial charge in [0.15, 0.2) is 5.75 Å². The average Bonchev–Trinajstić information content (AvgIpc) is 3.23. The number of esters is 1. The van der Waals surface area contributed by atoms with Crippen molar-refractivity contribution in [3.8, 4) is 11.5 Å². The molecular formula is C30H35N3O6. The topological polar surface area (TPSA) is 108 Å². The van der Waals surface area contributed by atoms with Crippen molar-refractivity contribution in [2.45, 2.75) is 65.3 Å².